The van der Waals surface area contributed by atoms with Crippen LogP contribution in [0.25, 0.3) is 6.08 Å². The number of anilines is 1. The van der Waals surface area contributed by atoms with Crippen LogP contribution in [-0.4, -0.2) is 36.8 Å². The average Bonchev–Trinajstić information content (AvgIpc) is 3.01. The van der Waals surface area contributed by atoms with E-state index in [2.05, 4.69) is 5.32 Å². The van der Waals surface area contributed by atoms with Crippen molar-refractivity contribution in [3.8, 4) is 0 Å². The Morgan fingerprint density at radius 3 is 2.53 bits per heavy atom. The van der Waals surface area contributed by atoms with Gasteiger partial charge in [0.25, 0.3) is 5.91 Å². The van der Waals surface area contributed by atoms with Crippen molar-refractivity contribution in [2.45, 2.75) is 20.8 Å². The monoisotopic (exact) mass is 417 g/mol. The first-order valence-electron chi connectivity index (χ1n) is 8.94. The van der Waals surface area contributed by atoms with E-state index in [1.54, 1.807) is 13.0 Å². The van der Waals surface area contributed by atoms with Gasteiger partial charge in [0.2, 0.25) is 5.88 Å². The van der Waals surface area contributed by atoms with Crippen molar-refractivity contribution < 1.29 is 37.5 Å². The summed E-state index contributed by atoms with van der Waals surface area (Å²) in [4.78, 5) is 47.9. The molecule has 2 aromatic rings. The molecule has 0 aliphatic carbocycles. The fourth-order valence-corrected chi connectivity index (χ4v) is 2.58. The fourth-order valence-electron chi connectivity index (χ4n) is 2.58. The summed E-state index contributed by atoms with van der Waals surface area (Å²) in [5, 5.41) is 2.29. The van der Waals surface area contributed by atoms with Crippen molar-refractivity contribution in [2.24, 2.45) is 0 Å². The summed E-state index contributed by atoms with van der Waals surface area (Å²) in [6.07, 6.45) is 2.37. The van der Waals surface area contributed by atoms with Crippen molar-refractivity contribution in [1.29, 1.82) is 0 Å². The molecule has 0 fully saturated rings. The van der Waals surface area contributed by atoms with Gasteiger partial charge in [0.1, 0.15) is 17.1 Å². The number of halogens is 1. The van der Waals surface area contributed by atoms with Crippen LogP contribution >= 0.6 is 0 Å². The molecule has 0 atom stereocenters. The van der Waals surface area contributed by atoms with E-state index in [1.165, 1.54) is 38.1 Å². The van der Waals surface area contributed by atoms with E-state index in [1.807, 2.05) is 0 Å². The summed E-state index contributed by atoms with van der Waals surface area (Å²) in [6, 6.07) is 5.55. The van der Waals surface area contributed by atoms with Crippen LogP contribution in [-0.2, 0) is 19.1 Å². The van der Waals surface area contributed by atoms with Crippen LogP contribution in [0.3, 0.4) is 0 Å². The van der Waals surface area contributed by atoms with Gasteiger partial charge in [-0.05, 0) is 44.5 Å². The van der Waals surface area contributed by atoms with Gasteiger partial charge in [-0.25, -0.2) is 14.0 Å². The molecule has 1 amide bonds. The van der Waals surface area contributed by atoms with E-state index in [0.717, 1.165) is 6.08 Å². The summed E-state index contributed by atoms with van der Waals surface area (Å²) in [5.41, 5.74) is 0.240. The maximum atomic E-state index is 13.1. The quantitative estimate of drug-likeness (QED) is 0.398. The third-order valence-electron chi connectivity index (χ3n) is 3.77. The lowest BCUT2D eigenvalue weighted by Crippen LogP contribution is -2.21. The van der Waals surface area contributed by atoms with Gasteiger partial charge in [0.15, 0.2) is 12.4 Å². The van der Waals surface area contributed by atoms with Crippen molar-refractivity contribution in [2.75, 3.05) is 18.5 Å². The first-order chi connectivity index (χ1) is 14.2. The zero-order chi connectivity index (χ0) is 22.3. The van der Waals surface area contributed by atoms with E-state index in [9.17, 15) is 23.6 Å². The SMILES string of the molecule is CCOC(=O)c1c(NC(=O)COC(=O)/C=C/c2cccc(F)c2)oc(C)c1C(C)=O. The molecular formula is C21H20FNO7. The molecule has 1 N–H and O–H groups in total. The number of rotatable bonds is 8. The smallest absolute Gasteiger partial charge is 0.344 e. The summed E-state index contributed by atoms with van der Waals surface area (Å²) in [7, 11) is 0. The van der Waals surface area contributed by atoms with Crippen LogP contribution in [0.4, 0.5) is 10.3 Å². The second kappa shape index (κ2) is 10.1. The number of amides is 1. The number of hydrogen-bond donors (Lipinski definition) is 1. The number of carbonyl (C=O) groups is 4. The molecule has 0 aliphatic heterocycles. The Morgan fingerprint density at radius 1 is 1.17 bits per heavy atom. The fraction of sp³-hybridized carbons (Fsp3) is 0.238. The standard InChI is InChI=1S/C21H20FNO7/c1-4-28-21(27)19-18(12(2)24)13(3)30-20(19)23-16(25)11-29-17(26)9-8-14-6-5-7-15(22)10-14/h5-10H,4,11H2,1-3H3,(H,23,25)/b9-8+. The maximum Gasteiger partial charge on any atom is 0.344 e. The molecule has 158 valence electrons. The molecular weight excluding hydrogens is 397 g/mol. The van der Waals surface area contributed by atoms with Gasteiger partial charge in [0.05, 0.1) is 12.2 Å². The summed E-state index contributed by atoms with van der Waals surface area (Å²) >= 11 is 0. The Bertz CT molecular complexity index is 1010. The van der Waals surface area contributed by atoms with E-state index >= 15 is 0 Å². The molecule has 0 aliphatic rings. The van der Waals surface area contributed by atoms with Crippen molar-refractivity contribution in [3.63, 3.8) is 0 Å². The molecule has 9 heteroatoms. The first-order valence-corrected chi connectivity index (χ1v) is 8.94. The molecule has 8 nitrogen and oxygen atoms in total. The average molecular weight is 417 g/mol. The number of hydrogen-bond acceptors (Lipinski definition) is 7. The highest BCUT2D eigenvalue weighted by Gasteiger charge is 2.28. The number of benzene rings is 1. The minimum absolute atomic E-state index is 0.00114. The molecule has 30 heavy (non-hydrogen) atoms. The van der Waals surface area contributed by atoms with Crippen molar-refractivity contribution in [3.05, 3.63) is 58.6 Å². The number of ether oxygens (including phenoxy) is 2. The molecule has 1 heterocycles. The van der Waals surface area contributed by atoms with Crippen molar-refractivity contribution >= 4 is 35.6 Å². The van der Waals surface area contributed by atoms with Gasteiger partial charge in [0, 0.05) is 6.08 Å². The van der Waals surface area contributed by atoms with Gasteiger partial charge in [-0.1, -0.05) is 12.1 Å². The number of Topliss-reactive ketones (excluding diaryl/α,β-unsaturated/α-hetero) is 1. The minimum atomic E-state index is -0.833. The summed E-state index contributed by atoms with van der Waals surface area (Å²) in [6.45, 7) is 3.69. The second-order valence-electron chi connectivity index (χ2n) is 6.06. The highest BCUT2D eigenvalue weighted by atomic mass is 19.1. The zero-order valence-electron chi connectivity index (χ0n) is 16.6. The van der Waals surface area contributed by atoms with Crippen LogP contribution in [0.5, 0.6) is 0 Å². The van der Waals surface area contributed by atoms with E-state index in [-0.39, 0.29) is 29.4 Å². The highest BCUT2D eigenvalue weighted by molar-refractivity contribution is 6.10. The molecule has 0 radical (unpaired) electrons. The Hall–Kier alpha value is -3.75. The number of nitrogens with one attached hydrogen (secondary N) is 1. The van der Waals surface area contributed by atoms with Gasteiger partial charge >= 0.3 is 11.9 Å². The van der Waals surface area contributed by atoms with Crippen LogP contribution < -0.4 is 5.32 Å². The zero-order valence-corrected chi connectivity index (χ0v) is 16.6. The van der Waals surface area contributed by atoms with Crippen LogP contribution in [0.1, 0.15) is 45.9 Å². The predicted octanol–water partition coefficient (Wildman–Crippen LogP) is 3.30. The van der Waals surface area contributed by atoms with Gasteiger partial charge in [-0.2, -0.15) is 0 Å². The molecule has 2 rings (SSSR count). The third kappa shape index (κ3) is 5.87. The van der Waals surface area contributed by atoms with Crippen molar-refractivity contribution in [1.82, 2.24) is 0 Å². The maximum absolute atomic E-state index is 13.1. The van der Waals surface area contributed by atoms with E-state index in [4.69, 9.17) is 13.9 Å². The molecule has 0 bridgehead atoms. The Morgan fingerprint density at radius 2 is 1.90 bits per heavy atom. The second-order valence-corrected chi connectivity index (χ2v) is 6.06. The number of carbonyl (C=O) groups excluding carboxylic acids is 4. The van der Waals surface area contributed by atoms with Gasteiger partial charge in [-0.3, -0.25) is 14.9 Å². The topological polar surface area (TPSA) is 112 Å². The molecule has 0 saturated heterocycles. The normalized spacial score (nSPS) is 10.7. The number of furan rings is 1. The molecule has 0 saturated carbocycles. The lowest BCUT2D eigenvalue weighted by atomic mass is 10.1. The van der Waals surface area contributed by atoms with Crippen LogP contribution in [0.2, 0.25) is 0 Å². The van der Waals surface area contributed by atoms with Gasteiger partial charge in [-0.15, -0.1) is 0 Å². The third-order valence-corrected chi connectivity index (χ3v) is 3.77. The first kappa shape index (κ1) is 22.5. The summed E-state index contributed by atoms with van der Waals surface area (Å²) < 4.78 is 28.1. The molecule has 1 aromatic heterocycles. The molecule has 1 aromatic carbocycles. The minimum Gasteiger partial charge on any atom is -0.462 e. The van der Waals surface area contributed by atoms with Crippen LogP contribution in [0, 0.1) is 12.7 Å². The lowest BCUT2D eigenvalue weighted by Gasteiger charge is -2.06. The Kier molecular flexibility index (Phi) is 7.62. The molecule has 0 unspecified atom stereocenters. The Labute approximate surface area is 171 Å². The lowest BCUT2D eigenvalue weighted by molar-refractivity contribution is -0.142. The number of esters is 2. The molecule has 0 spiro atoms. The Balaban J connectivity index is 2.04. The van der Waals surface area contributed by atoms with Gasteiger partial charge < -0.3 is 13.9 Å². The summed E-state index contributed by atoms with van der Waals surface area (Å²) in [5.74, 6) is -3.49. The number of aryl methyl sites for hydroxylation is 1. The number of ketones is 1. The van der Waals surface area contributed by atoms with E-state index < -0.39 is 36.1 Å². The van der Waals surface area contributed by atoms with E-state index in [0.29, 0.717) is 5.56 Å². The predicted molar refractivity (Wildman–Crippen MR) is 104 cm³/mol. The highest BCUT2D eigenvalue weighted by Crippen LogP contribution is 2.28. The van der Waals surface area contributed by atoms with Crippen LogP contribution in [0.15, 0.2) is 34.8 Å². The largest absolute Gasteiger partial charge is 0.462 e.